The summed E-state index contributed by atoms with van der Waals surface area (Å²) in [6.07, 6.45) is 1.01. The zero-order chi connectivity index (χ0) is 14.3. The number of nitrogens with one attached hydrogen (secondary N) is 1. The van der Waals surface area contributed by atoms with Crippen molar-refractivity contribution in [2.75, 3.05) is 6.61 Å². The Kier molecular flexibility index (Phi) is 5.87. The average Bonchev–Trinajstić information content (AvgIpc) is 2.44. The van der Waals surface area contributed by atoms with Crippen LogP contribution in [0.3, 0.4) is 0 Å². The molecule has 1 aromatic rings. The van der Waals surface area contributed by atoms with E-state index in [1.165, 1.54) is 0 Å². The Balaban J connectivity index is 2.49. The predicted octanol–water partition coefficient (Wildman–Crippen LogP) is 2.49. The van der Waals surface area contributed by atoms with E-state index in [4.69, 9.17) is 10.00 Å². The predicted molar refractivity (Wildman–Crippen MR) is 73.7 cm³/mol. The molecule has 0 heterocycles. The fraction of sp³-hybridized carbons (Fsp3) is 0.467. The van der Waals surface area contributed by atoms with E-state index >= 15 is 0 Å². The molecular weight excluding hydrogens is 240 g/mol. The Morgan fingerprint density at radius 2 is 2.11 bits per heavy atom. The van der Waals surface area contributed by atoms with Crippen LogP contribution in [0.25, 0.3) is 0 Å². The maximum atomic E-state index is 11.7. The number of benzene rings is 1. The highest BCUT2D eigenvalue weighted by Gasteiger charge is 2.13. The fourth-order valence-corrected chi connectivity index (χ4v) is 1.62. The number of ether oxygens (including phenoxy) is 1. The number of amides is 1. The summed E-state index contributed by atoms with van der Waals surface area (Å²) < 4.78 is 5.37. The summed E-state index contributed by atoms with van der Waals surface area (Å²) in [6.45, 7) is 6.10. The third-order valence-corrected chi connectivity index (χ3v) is 3.25. The summed E-state index contributed by atoms with van der Waals surface area (Å²) in [4.78, 5) is 11.7. The molecule has 1 rings (SSSR count). The van der Waals surface area contributed by atoms with Gasteiger partial charge in [-0.2, -0.15) is 5.26 Å². The summed E-state index contributed by atoms with van der Waals surface area (Å²) in [5.41, 5.74) is 0.435. The van der Waals surface area contributed by atoms with Crippen molar-refractivity contribution in [2.24, 2.45) is 5.92 Å². The molecule has 0 radical (unpaired) electrons. The Bertz CT molecular complexity index is 465. The van der Waals surface area contributed by atoms with Gasteiger partial charge >= 0.3 is 0 Å². The molecule has 1 amide bonds. The molecule has 19 heavy (non-hydrogen) atoms. The molecule has 1 aromatic carbocycles. The normalized spacial score (nSPS) is 13.2. The third-order valence-electron chi connectivity index (χ3n) is 3.25. The van der Waals surface area contributed by atoms with Gasteiger partial charge in [0, 0.05) is 6.04 Å². The van der Waals surface area contributed by atoms with Gasteiger partial charge in [-0.15, -0.1) is 0 Å². The van der Waals surface area contributed by atoms with E-state index in [2.05, 4.69) is 19.2 Å². The van der Waals surface area contributed by atoms with Crippen LogP contribution in [0.2, 0.25) is 0 Å². The Morgan fingerprint density at radius 3 is 2.74 bits per heavy atom. The summed E-state index contributed by atoms with van der Waals surface area (Å²) in [7, 11) is 0. The lowest BCUT2D eigenvalue weighted by Crippen LogP contribution is -2.39. The number of carbonyl (C=O) groups excluding carboxylic acids is 1. The molecule has 2 unspecified atom stereocenters. The van der Waals surface area contributed by atoms with Crippen molar-refractivity contribution in [3.8, 4) is 11.8 Å². The maximum absolute atomic E-state index is 11.7. The molecule has 4 nitrogen and oxygen atoms in total. The standard InChI is InChI=1S/C15H20N2O2/c1-4-11(2)12(3)17-15(18)10-19-14-8-6-5-7-13(14)9-16/h5-8,11-12H,4,10H2,1-3H3,(H,17,18). The zero-order valence-electron chi connectivity index (χ0n) is 11.6. The molecule has 1 N–H and O–H groups in total. The van der Waals surface area contributed by atoms with Crippen LogP contribution in [-0.4, -0.2) is 18.6 Å². The van der Waals surface area contributed by atoms with E-state index < -0.39 is 0 Å². The second-order valence-corrected chi connectivity index (χ2v) is 4.64. The first-order chi connectivity index (χ1) is 9.08. The Morgan fingerprint density at radius 1 is 1.42 bits per heavy atom. The first kappa shape index (κ1) is 15.0. The van der Waals surface area contributed by atoms with Crippen molar-refractivity contribution in [3.63, 3.8) is 0 Å². The number of hydrogen-bond donors (Lipinski definition) is 1. The molecule has 0 aliphatic carbocycles. The van der Waals surface area contributed by atoms with Crippen LogP contribution in [0.1, 0.15) is 32.8 Å². The Hall–Kier alpha value is -2.02. The van der Waals surface area contributed by atoms with Crippen molar-refractivity contribution in [2.45, 2.75) is 33.2 Å². The minimum atomic E-state index is -0.166. The Labute approximate surface area is 114 Å². The smallest absolute Gasteiger partial charge is 0.258 e. The van der Waals surface area contributed by atoms with Crippen molar-refractivity contribution in [1.82, 2.24) is 5.32 Å². The van der Waals surface area contributed by atoms with Gasteiger partial charge in [0.2, 0.25) is 0 Å². The summed E-state index contributed by atoms with van der Waals surface area (Å²) >= 11 is 0. The molecule has 0 spiro atoms. The van der Waals surface area contributed by atoms with Crippen LogP contribution in [0.15, 0.2) is 24.3 Å². The van der Waals surface area contributed by atoms with Gasteiger partial charge in [-0.3, -0.25) is 4.79 Å². The number of rotatable bonds is 6. The minimum Gasteiger partial charge on any atom is -0.482 e. The van der Waals surface area contributed by atoms with Gasteiger partial charge in [-0.05, 0) is 25.0 Å². The van der Waals surface area contributed by atoms with E-state index in [0.29, 0.717) is 17.2 Å². The van der Waals surface area contributed by atoms with Crippen LogP contribution in [-0.2, 0) is 4.79 Å². The van der Waals surface area contributed by atoms with Gasteiger partial charge in [0.25, 0.3) is 5.91 Å². The van der Waals surface area contributed by atoms with Gasteiger partial charge in [-0.25, -0.2) is 0 Å². The van der Waals surface area contributed by atoms with E-state index in [1.54, 1.807) is 24.3 Å². The fourth-order valence-electron chi connectivity index (χ4n) is 1.62. The van der Waals surface area contributed by atoms with Gasteiger partial charge in [-0.1, -0.05) is 32.4 Å². The molecule has 0 aliphatic rings. The second kappa shape index (κ2) is 7.42. The molecule has 0 fully saturated rings. The lowest BCUT2D eigenvalue weighted by Gasteiger charge is -2.19. The number of nitrogens with zero attached hydrogens (tertiary/aromatic N) is 1. The van der Waals surface area contributed by atoms with Crippen LogP contribution in [0, 0.1) is 17.2 Å². The van der Waals surface area contributed by atoms with Gasteiger partial charge in [0.15, 0.2) is 6.61 Å². The highest BCUT2D eigenvalue weighted by molar-refractivity contribution is 5.77. The highest BCUT2D eigenvalue weighted by Crippen LogP contribution is 2.16. The summed E-state index contributed by atoms with van der Waals surface area (Å²) in [6, 6.07) is 9.03. The molecule has 0 saturated heterocycles. The lowest BCUT2D eigenvalue weighted by molar-refractivity contribution is -0.124. The summed E-state index contributed by atoms with van der Waals surface area (Å²) in [5.74, 6) is 0.701. The quantitative estimate of drug-likeness (QED) is 0.854. The minimum absolute atomic E-state index is 0.0700. The van der Waals surface area contributed by atoms with Crippen molar-refractivity contribution >= 4 is 5.91 Å². The number of nitriles is 1. The van der Waals surface area contributed by atoms with Crippen LogP contribution < -0.4 is 10.1 Å². The summed E-state index contributed by atoms with van der Waals surface area (Å²) in [5, 5.41) is 11.8. The van der Waals surface area contributed by atoms with Crippen molar-refractivity contribution in [1.29, 1.82) is 5.26 Å². The van der Waals surface area contributed by atoms with E-state index in [9.17, 15) is 4.79 Å². The zero-order valence-corrected chi connectivity index (χ0v) is 11.6. The molecule has 0 bridgehead atoms. The largest absolute Gasteiger partial charge is 0.482 e. The molecular formula is C15H20N2O2. The van der Waals surface area contributed by atoms with Crippen LogP contribution in [0.4, 0.5) is 0 Å². The van der Waals surface area contributed by atoms with E-state index in [1.807, 2.05) is 13.0 Å². The molecule has 0 saturated carbocycles. The lowest BCUT2D eigenvalue weighted by atomic mass is 10.0. The second-order valence-electron chi connectivity index (χ2n) is 4.64. The first-order valence-electron chi connectivity index (χ1n) is 6.49. The molecule has 4 heteroatoms. The van der Waals surface area contributed by atoms with Crippen molar-refractivity contribution in [3.05, 3.63) is 29.8 Å². The topological polar surface area (TPSA) is 62.1 Å². The SMILES string of the molecule is CCC(C)C(C)NC(=O)COc1ccccc1C#N. The number of carbonyl (C=O) groups is 1. The van der Waals surface area contributed by atoms with Gasteiger partial charge in [0.1, 0.15) is 11.8 Å². The van der Waals surface area contributed by atoms with Gasteiger partial charge in [0.05, 0.1) is 5.56 Å². The van der Waals surface area contributed by atoms with Crippen LogP contribution >= 0.6 is 0 Å². The van der Waals surface area contributed by atoms with E-state index in [0.717, 1.165) is 6.42 Å². The average molecular weight is 260 g/mol. The monoisotopic (exact) mass is 260 g/mol. The highest BCUT2D eigenvalue weighted by atomic mass is 16.5. The number of para-hydroxylation sites is 1. The third kappa shape index (κ3) is 4.63. The molecule has 2 atom stereocenters. The number of hydrogen-bond acceptors (Lipinski definition) is 3. The molecule has 0 aliphatic heterocycles. The van der Waals surface area contributed by atoms with Gasteiger partial charge < -0.3 is 10.1 Å². The van der Waals surface area contributed by atoms with E-state index in [-0.39, 0.29) is 18.6 Å². The molecule has 0 aromatic heterocycles. The van der Waals surface area contributed by atoms with Crippen molar-refractivity contribution < 1.29 is 9.53 Å². The maximum Gasteiger partial charge on any atom is 0.258 e. The molecule has 102 valence electrons. The first-order valence-corrected chi connectivity index (χ1v) is 6.49. The van der Waals surface area contributed by atoms with Crippen LogP contribution in [0.5, 0.6) is 5.75 Å².